The van der Waals surface area contributed by atoms with Crippen molar-refractivity contribution in [1.29, 1.82) is 0 Å². The molecule has 3 nitrogen and oxygen atoms in total. The van der Waals surface area contributed by atoms with Gasteiger partial charge in [0.15, 0.2) is 0 Å². The number of carboxylic acids is 1. The van der Waals surface area contributed by atoms with Gasteiger partial charge in [-0.1, -0.05) is 26.0 Å². The van der Waals surface area contributed by atoms with Gasteiger partial charge in [-0.2, -0.15) is 13.2 Å². The highest BCUT2D eigenvalue weighted by molar-refractivity contribution is 7.15. The number of aliphatic carboxylic acids is 1. The molecule has 0 aliphatic carbocycles. The Labute approximate surface area is 154 Å². The van der Waals surface area contributed by atoms with Crippen LogP contribution in [0.4, 0.5) is 13.2 Å². The average Bonchev–Trinajstić information content (AvgIpc) is 3.07. The molecule has 1 aromatic carbocycles. The second-order valence-electron chi connectivity index (χ2n) is 6.24. The summed E-state index contributed by atoms with van der Waals surface area (Å²) in [6, 6.07) is 8.87. The van der Waals surface area contributed by atoms with Gasteiger partial charge in [0.2, 0.25) is 0 Å². The zero-order valence-electron chi connectivity index (χ0n) is 14.7. The summed E-state index contributed by atoms with van der Waals surface area (Å²) in [4.78, 5) is 13.4. The van der Waals surface area contributed by atoms with Crippen molar-refractivity contribution >= 4 is 17.3 Å². The van der Waals surface area contributed by atoms with Gasteiger partial charge in [-0.3, -0.25) is 4.79 Å². The van der Waals surface area contributed by atoms with Crippen molar-refractivity contribution in [2.45, 2.75) is 39.4 Å². The Morgan fingerprint density at radius 1 is 1.08 bits per heavy atom. The van der Waals surface area contributed by atoms with Gasteiger partial charge in [-0.15, -0.1) is 11.3 Å². The predicted octanol–water partition coefficient (Wildman–Crippen LogP) is 5.41. The SMILES string of the molecule is CCC(CC)(CNCc1ccc(-c2ccc(C(F)(F)F)cc2)s1)C(=O)O. The molecular formula is C19H22F3NO2S. The molecule has 7 heteroatoms. The number of rotatable bonds is 8. The first kappa shape index (κ1) is 20.5. The lowest BCUT2D eigenvalue weighted by Crippen LogP contribution is -2.39. The summed E-state index contributed by atoms with van der Waals surface area (Å²) in [5, 5.41) is 12.6. The second-order valence-corrected chi connectivity index (χ2v) is 7.41. The third-order valence-corrected chi connectivity index (χ3v) is 5.86. The Balaban J connectivity index is 2.01. The third kappa shape index (κ3) is 4.65. The molecule has 1 aromatic heterocycles. The maximum Gasteiger partial charge on any atom is 0.416 e. The summed E-state index contributed by atoms with van der Waals surface area (Å²) in [6.45, 7) is 4.64. The molecule has 0 aliphatic rings. The largest absolute Gasteiger partial charge is 0.481 e. The molecule has 26 heavy (non-hydrogen) atoms. The molecule has 0 unspecified atom stereocenters. The van der Waals surface area contributed by atoms with Crippen LogP contribution in [0.15, 0.2) is 36.4 Å². The zero-order valence-corrected chi connectivity index (χ0v) is 15.5. The maximum absolute atomic E-state index is 12.6. The number of carboxylic acid groups (broad SMARTS) is 1. The summed E-state index contributed by atoms with van der Waals surface area (Å²) in [5.41, 5.74) is -0.701. The Hall–Kier alpha value is -1.86. The van der Waals surface area contributed by atoms with Crippen LogP contribution in [0.1, 0.15) is 37.1 Å². The lowest BCUT2D eigenvalue weighted by molar-refractivity contribution is -0.149. The fourth-order valence-corrected chi connectivity index (χ4v) is 3.74. The number of benzene rings is 1. The van der Waals surface area contributed by atoms with Crippen LogP contribution in [0.3, 0.4) is 0 Å². The highest BCUT2D eigenvalue weighted by atomic mass is 32.1. The highest BCUT2D eigenvalue weighted by Crippen LogP contribution is 2.33. The lowest BCUT2D eigenvalue weighted by Gasteiger charge is -2.26. The number of carbonyl (C=O) groups is 1. The van der Waals surface area contributed by atoms with Gasteiger partial charge in [0.1, 0.15) is 0 Å². The van der Waals surface area contributed by atoms with Gasteiger partial charge >= 0.3 is 12.1 Å². The number of thiophene rings is 1. The number of nitrogens with one attached hydrogen (secondary N) is 1. The van der Waals surface area contributed by atoms with Crippen molar-refractivity contribution < 1.29 is 23.1 Å². The molecular weight excluding hydrogens is 363 g/mol. The van der Waals surface area contributed by atoms with Crippen molar-refractivity contribution in [3.05, 3.63) is 46.8 Å². The minimum Gasteiger partial charge on any atom is -0.481 e. The number of alkyl halides is 3. The first-order valence-electron chi connectivity index (χ1n) is 8.42. The monoisotopic (exact) mass is 385 g/mol. The van der Waals surface area contributed by atoms with Crippen LogP contribution >= 0.6 is 11.3 Å². The molecule has 1 heterocycles. The molecule has 0 atom stereocenters. The van der Waals surface area contributed by atoms with E-state index in [0.29, 0.717) is 25.9 Å². The van der Waals surface area contributed by atoms with Crippen molar-refractivity contribution in [3.8, 4) is 10.4 Å². The Kier molecular flexibility index (Phi) is 6.47. The van der Waals surface area contributed by atoms with E-state index in [2.05, 4.69) is 5.32 Å². The van der Waals surface area contributed by atoms with Crippen molar-refractivity contribution in [3.63, 3.8) is 0 Å². The molecule has 0 aliphatic heterocycles. The van der Waals surface area contributed by atoms with E-state index in [0.717, 1.165) is 27.5 Å². The molecule has 0 saturated heterocycles. The van der Waals surface area contributed by atoms with Crippen LogP contribution in [0.25, 0.3) is 10.4 Å². The smallest absolute Gasteiger partial charge is 0.416 e. The van der Waals surface area contributed by atoms with E-state index >= 15 is 0 Å². The fraction of sp³-hybridized carbons (Fsp3) is 0.421. The Morgan fingerprint density at radius 3 is 2.19 bits per heavy atom. The second kappa shape index (κ2) is 8.22. The van der Waals surface area contributed by atoms with Gasteiger partial charge in [-0.25, -0.2) is 0 Å². The van der Waals surface area contributed by atoms with Gasteiger partial charge in [0.05, 0.1) is 11.0 Å². The average molecular weight is 385 g/mol. The van der Waals surface area contributed by atoms with Gasteiger partial charge in [-0.05, 0) is 42.7 Å². The predicted molar refractivity (Wildman–Crippen MR) is 97.1 cm³/mol. The fourth-order valence-electron chi connectivity index (χ4n) is 2.75. The van der Waals surface area contributed by atoms with Crippen molar-refractivity contribution in [2.75, 3.05) is 6.54 Å². The summed E-state index contributed by atoms with van der Waals surface area (Å²) in [5.74, 6) is -0.799. The minimum absolute atomic E-state index is 0.378. The van der Waals surface area contributed by atoms with E-state index in [9.17, 15) is 23.1 Å². The van der Waals surface area contributed by atoms with E-state index in [1.54, 1.807) is 0 Å². The summed E-state index contributed by atoms with van der Waals surface area (Å²) in [7, 11) is 0. The van der Waals surface area contributed by atoms with Crippen LogP contribution in [-0.4, -0.2) is 17.6 Å². The maximum atomic E-state index is 12.6. The molecule has 0 radical (unpaired) electrons. The molecule has 2 rings (SSSR count). The summed E-state index contributed by atoms with van der Waals surface area (Å²) < 4.78 is 37.9. The standard InChI is InChI=1S/C19H22F3NO2S/c1-3-18(4-2,17(24)25)12-23-11-15-9-10-16(26-15)13-5-7-14(8-6-13)19(20,21)22/h5-10,23H,3-4,11-12H2,1-2H3,(H,24,25). The molecule has 0 amide bonds. The van der Waals surface area contributed by atoms with Crippen LogP contribution in [0, 0.1) is 5.41 Å². The van der Waals surface area contributed by atoms with E-state index in [4.69, 9.17) is 0 Å². The zero-order chi connectivity index (χ0) is 19.4. The number of hydrogen-bond acceptors (Lipinski definition) is 3. The van der Waals surface area contributed by atoms with Crippen LogP contribution in [0.2, 0.25) is 0 Å². The topological polar surface area (TPSA) is 49.3 Å². The lowest BCUT2D eigenvalue weighted by atomic mass is 9.82. The van der Waals surface area contributed by atoms with Crippen LogP contribution in [0.5, 0.6) is 0 Å². The van der Waals surface area contributed by atoms with E-state index in [-0.39, 0.29) is 0 Å². The van der Waals surface area contributed by atoms with Crippen LogP contribution in [-0.2, 0) is 17.5 Å². The molecule has 0 fully saturated rings. The van der Waals surface area contributed by atoms with Gasteiger partial charge < -0.3 is 10.4 Å². The van der Waals surface area contributed by atoms with Gasteiger partial charge in [0.25, 0.3) is 0 Å². The highest BCUT2D eigenvalue weighted by Gasteiger charge is 2.34. The molecule has 0 spiro atoms. The molecule has 142 valence electrons. The van der Waals surface area contributed by atoms with Crippen molar-refractivity contribution in [2.24, 2.45) is 5.41 Å². The Morgan fingerprint density at radius 2 is 1.69 bits per heavy atom. The third-order valence-electron chi connectivity index (χ3n) is 4.73. The number of halogens is 3. The molecule has 2 aromatic rings. The normalized spacial score (nSPS) is 12.3. The summed E-state index contributed by atoms with van der Waals surface area (Å²) in [6.07, 6.45) is -3.24. The summed E-state index contributed by atoms with van der Waals surface area (Å²) >= 11 is 1.48. The molecule has 0 bridgehead atoms. The van der Waals surface area contributed by atoms with Crippen LogP contribution < -0.4 is 5.32 Å². The minimum atomic E-state index is -4.34. The number of hydrogen-bond donors (Lipinski definition) is 2. The quantitative estimate of drug-likeness (QED) is 0.638. The Bertz CT molecular complexity index is 734. The molecule has 2 N–H and O–H groups in total. The van der Waals surface area contributed by atoms with E-state index < -0.39 is 23.1 Å². The first-order valence-corrected chi connectivity index (χ1v) is 9.24. The van der Waals surface area contributed by atoms with E-state index in [1.807, 2.05) is 26.0 Å². The van der Waals surface area contributed by atoms with E-state index in [1.165, 1.54) is 23.5 Å². The molecule has 0 saturated carbocycles. The first-order chi connectivity index (χ1) is 12.2. The van der Waals surface area contributed by atoms with Gasteiger partial charge in [0, 0.05) is 22.8 Å². The van der Waals surface area contributed by atoms with Crippen molar-refractivity contribution in [1.82, 2.24) is 5.32 Å².